The number of hydrogen-bond donors (Lipinski definition) is 0. The third kappa shape index (κ3) is 4.85. The summed E-state index contributed by atoms with van der Waals surface area (Å²) in [6, 6.07) is 10.2. The second-order valence-corrected chi connectivity index (χ2v) is 7.01. The van der Waals surface area contributed by atoms with Crippen LogP contribution in [0.25, 0.3) is 0 Å². The average molecular weight is 289 g/mol. The Morgan fingerprint density at radius 2 is 2.00 bits per heavy atom. The van der Waals surface area contributed by atoms with Gasteiger partial charge >= 0.3 is 0 Å². The smallest absolute Gasteiger partial charge is 0.227 e. The van der Waals surface area contributed by atoms with E-state index in [1.165, 1.54) is 5.56 Å². The summed E-state index contributed by atoms with van der Waals surface area (Å²) in [5.74, 6) is 0.726. The van der Waals surface area contributed by atoms with Crippen molar-refractivity contribution in [2.24, 2.45) is 11.3 Å². The fourth-order valence-electron chi connectivity index (χ4n) is 2.78. The van der Waals surface area contributed by atoms with E-state index < -0.39 is 0 Å². The molecule has 3 heteroatoms. The molecule has 1 aliphatic heterocycles. The molecule has 1 fully saturated rings. The van der Waals surface area contributed by atoms with Gasteiger partial charge in [-0.3, -0.25) is 4.79 Å². The number of carbonyl (C=O) groups is 1. The number of likely N-dealkylation sites (tertiary alicyclic amines) is 1. The summed E-state index contributed by atoms with van der Waals surface area (Å²) in [5.41, 5.74) is 0.920. The lowest BCUT2D eigenvalue weighted by Gasteiger charge is -2.36. The van der Waals surface area contributed by atoms with Crippen molar-refractivity contribution < 1.29 is 9.53 Å². The molecule has 0 N–H and O–H groups in total. The van der Waals surface area contributed by atoms with Crippen LogP contribution in [0, 0.1) is 11.3 Å². The van der Waals surface area contributed by atoms with Crippen LogP contribution in [0.2, 0.25) is 0 Å². The molecule has 0 aromatic heterocycles. The SMILES string of the molecule is CC(C)(C)C(=O)N1CCC[C@@H](COCc2ccccc2)C1. The van der Waals surface area contributed by atoms with Gasteiger partial charge < -0.3 is 9.64 Å². The highest BCUT2D eigenvalue weighted by atomic mass is 16.5. The minimum absolute atomic E-state index is 0.259. The molecule has 1 atom stereocenters. The number of amides is 1. The maximum absolute atomic E-state index is 12.3. The molecule has 3 nitrogen and oxygen atoms in total. The van der Waals surface area contributed by atoms with Crippen LogP contribution in [0.15, 0.2) is 30.3 Å². The molecule has 0 aliphatic carbocycles. The largest absolute Gasteiger partial charge is 0.376 e. The van der Waals surface area contributed by atoms with E-state index in [9.17, 15) is 4.79 Å². The third-order valence-corrected chi connectivity index (χ3v) is 3.91. The molecule has 21 heavy (non-hydrogen) atoms. The maximum atomic E-state index is 12.3. The number of piperidine rings is 1. The predicted molar refractivity (Wildman–Crippen MR) is 84.9 cm³/mol. The quantitative estimate of drug-likeness (QED) is 0.849. The van der Waals surface area contributed by atoms with E-state index in [2.05, 4.69) is 12.1 Å². The van der Waals surface area contributed by atoms with Gasteiger partial charge in [0, 0.05) is 18.5 Å². The Morgan fingerprint density at radius 1 is 1.29 bits per heavy atom. The average Bonchev–Trinajstić information content (AvgIpc) is 2.47. The Hall–Kier alpha value is -1.35. The van der Waals surface area contributed by atoms with Crippen molar-refractivity contribution in [1.82, 2.24) is 4.90 Å². The van der Waals surface area contributed by atoms with Crippen molar-refractivity contribution in [2.75, 3.05) is 19.7 Å². The van der Waals surface area contributed by atoms with Gasteiger partial charge in [-0.15, -0.1) is 0 Å². The molecule has 116 valence electrons. The van der Waals surface area contributed by atoms with Gasteiger partial charge in [0.25, 0.3) is 0 Å². The lowest BCUT2D eigenvalue weighted by molar-refractivity contribution is -0.141. The van der Waals surface area contributed by atoms with Gasteiger partial charge in [0.2, 0.25) is 5.91 Å². The van der Waals surface area contributed by atoms with Gasteiger partial charge in [-0.1, -0.05) is 51.1 Å². The van der Waals surface area contributed by atoms with E-state index in [4.69, 9.17) is 4.74 Å². The Balaban J connectivity index is 1.78. The minimum Gasteiger partial charge on any atom is -0.376 e. The van der Waals surface area contributed by atoms with Crippen LogP contribution in [-0.4, -0.2) is 30.5 Å². The topological polar surface area (TPSA) is 29.5 Å². The Kier molecular flexibility index (Phi) is 5.40. The minimum atomic E-state index is -0.285. The first-order chi connectivity index (χ1) is 9.97. The first-order valence-electron chi connectivity index (χ1n) is 7.88. The summed E-state index contributed by atoms with van der Waals surface area (Å²) in [6.45, 7) is 9.10. The van der Waals surface area contributed by atoms with Crippen LogP contribution in [0.1, 0.15) is 39.2 Å². The molecule has 0 saturated carbocycles. The number of hydrogen-bond acceptors (Lipinski definition) is 2. The predicted octanol–water partition coefficient (Wildman–Crippen LogP) is 3.49. The number of nitrogens with zero attached hydrogens (tertiary/aromatic N) is 1. The number of ether oxygens (including phenoxy) is 1. The molecule has 1 saturated heterocycles. The Labute approximate surface area is 128 Å². The standard InChI is InChI=1S/C18H27NO2/c1-18(2,3)17(20)19-11-7-10-16(12-19)14-21-13-15-8-5-4-6-9-15/h4-6,8-9,16H,7,10-14H2,1-3H3/t16-/m1/s1. The second-order valence-electron chi connectivity index (χ2n) is 7.01. The molecule has 0 radical (unpaired) electrons. The molecule has 1 amide bonds. The maximum Gasteiger partial charge on any atom is 0.227 e. The number of benzene rings is 1. The second kappa shape index (κ2) is 7.08. The fourth-order valence-corrected chi connectivity index (χ4v) is 2.78. The van der Waals surface area contributed by atoms with Crippen molar-refractivity contribution in [1.29, 1.82) is 0 Å². The van der Waals surface area contributed by atoms with Gasteiger partial charge in [0.05, 0.1) is 13.2 Å². The highest BCUT2D eigenvalue weighted by Gasteiger charge is 2.30. The van der Waals surface area contributed by atoms with Crippen LogP contribution in [0.3, 0.4) is 0 Å². The monoisotopic (exact) mass is 289 g/mol. The van der Waals surface area contributed by atoms with Crippen LogP contribution < -0.4 is 0 Å². The molecule has 0 spiro atoms. The van der Waals surface area contributed by atoms with E-state index in [1.54, 1.807) is 0 Å². The molecule has 0 unspecified atom stereocenters. The fraction of sp³-hybridized carbons (Fsp3) is 0.611. The Bertz CT molecular complexity index is 450. The molecule has 1 heterocycles. The molecule has 1 aliphatic rings. The van der Waals surface area contributed by atoms with E-state index >= 15 is 0 Å². The summed E-state index contributed by atoms with van der Waals surface area (Å²) >= 11 is 0. The molecule has 2 rings (SSSR count). The summed E-state index contributed by atoms with van der Waals surface area (Å²) in [5, 5.41) is 0. The van der Waals surface area contributed by atoms with Crippen molar-refractivity contribution in [3.8, 4) is 0 Å². The van der Waals surface area contributed by atoms with Crippen LogP contribution in [0.4, 0.5) is 0 Å². The lowest BCUT2D eigenvalue weighted by atomic mass is 9.91. The van der Waals surface area contributed by atoms with Crippen molar-refractivity contribution >= 4 is 5.91 Å². The summed E-state index contributed by atoms with van der Waals surface area (Å²) in [7, 11) is 0. The third-order valence-electron chi connectivity index (χ3n) is 3.91. The zero-order valence-electron chi connectivity index (χ0n) is 13.5. The number of rotatable bonds is 4. The van der Waals surface area contributed by atoms with E-state index in [-0.39, 0.29) is 11.3 Å². The number of carbonyl (C=O) groups excluding carboxylic acids is 1. The van der Waals surface area contributed by atoms with Crippen molar-refractivity contribution in [3.63, 3.8) is 0 Å². The van der Waals surface area contributed by atoms with Crippen LogP contribution >= 0.6 is 0 Å². The van der Waals surface area contributed by atoms with Crippen molar-refractivity contribution in [2.45, 2.75) is 40.2 Å². The molecule has 0 bridgehead atoms. The Morgan fingerprint density at radius 3 is 2.67 bits per heavy atom. The zero-order chi connectivity index (χ0) is 15.3. The molecular formula is C18H27NO2. The van der Waals surface area contributed by atoms with Crippen molar-refractivity contribution in [3.05, 3.63) is 35.9 Å². The highest BCUT2D eigenvalue weighted by molar-refractivity contribution is 5.81. The molecule has 1 aromatic rings. The lowest BCUT2D eigenvalue weighted by Crippen LogP contribution is -2.46. The summed E-state index contributed by atoms with van der Waals surface area (Å²) in [6.07, 6.45) is 2.24. The normalized spacial score (nSPS) is 19.6. The van der Waals surface area contributed by atoms with Crippen LogP contribution in [-0.2, 0) is 16.1 Å². The highest BCUT2D eigenvalue weighted by Crippen LogP contribution is 2.23. The van der Waals surface area contributed by atoms with E-state index in [0.29, 0.717) is 12.5 Å². The molecule has 1 aromatic carbocycles. The summed E-state index contributed by atoms with van der Waals surface area (Å²) < 4.78 is 5.83. The first-order valence-corrected chi connectivity index (χ1v) is 7.88. The van der Waals surface area contributed by atoms with Gasteiger partial charge in [0.15, 0.2) is 0 Å². The van der Waals surface area contributed by atoms with E-state index in [1.807, 2.05) is 43.9 Å². The first kappa shape index (κ1) is 16.0. The zero-order valence-corrected chi connectivity index (χ0v) is 13.5. The van der Waals surface area contributed by atoms with Gasteiger partial charge in [-0.05, 0) is 24.3 Å². The summed E-state index contributed by atoms with van der Waals surface area (Å²) in [4.78, 5) is 14.4. The van der Waals surface area contributed by atoms with Gasteiger partial charge in [0.1, 0.15) is 0 Å². The van der Waals surface area contributed by atoms with Crippen LogP contribution in [0.5, 0.6) is 0 Å². The molecular weight excluding hydrogens is 262 g/mol. The van der Waals surface area contributed by atoms with Gasteiger partial charge in [-0.25, -0.2) is 0 Å². The van der Waals surface area contributed by atoms with Gasteiger partial charge in [-0.2, -0.15) is 0 Å². The van der Waals surface area contributed by atoms with E-state index in [0.717, 1.165) is 32.5 Å².